The summed E-state index contributed by atoms with van der Waals surface area (Å²) in [5, 5.41) is 10.1. The van der Waals surface area contributed by atoms with Gasteiger partial charge >= 0.3 is 6.18 Å². The molecule has 3 atom stereocenters. The molecule has 3 unspecified atom stereocenters. The summed E-state index contributed by atoms with van der Waals surface area (Å²) in [6.45, 7) is 2.05. The van der Waals surface area contributed by atoms with Crippen LogP contribution in [0.1, 0.15) is 43.4 Å². The zero-order valence-corrected chi connectivity index (χ0v) is 10.5. The summed E-state index contributed by atoms with van der Waals surface area (Å²) in [5.41, 5.74) is -1.16. The van der Waals surface area contributed by atoms with Crippen LogP contribution < -0.4 is 0 Å². The summed E-state index contributed by atoms with van der Waals surface area (Å²) >= 11 is 0. The maximum Gasteiger partial charge on any atom is 0.419 e. The van der Waals surface area contributed by atoms with Crippen LogP contribution in [0.3, 0.4) is 0 Å². The second kappa shape index (κ2) is 5.12. The van der Waals surface area contributed by atoms with E-state index >= 15 is 0 Å². The van der Waals surface area contributed by atoms with Gasteiger partial charge in [0.1, 0.15) is 5.82 Å². The van der Waals surface area contributed by atoms with Gasteiger partial charge in [0, 0.05) is 0 Å². The molecule has 5 heteroatoms. The summed E-state index contributed by atoms with van der Waals surface area (Å²) in [7, 11) is 0. The molecule has 1 nitrogen and oxygen atoms in total. The fraction of sp³-hybridized carbons (Fsp3) is 0.571. The van der Waals surface area contributed by atoms with Gasteiger partial charge < -0.3 is 5.11 Å². The van der Waals surface area contributed by atoms with E-state index < -0.39 is 23.7 Å². The molecule has 1 N–H and O–H groups in total. The summed E-state index contributed by atoms with van der Waals surface area (Å²) in [5.74, 6) is -0.869. The fourth-order valence-electron chi connectivity index (χ4n) is 2.75. The maximum atomic E-state index is 13.2. The van der Waals surface area contributed by atoms with Crippen molar-refractivity contribution < 1.29 is 22.7 Å². The highest BCUT2D eigenvalue weighted by atomic mass is 19.4. The second-order valence-corrected chi connectivity index (χ2v) is 5.36. The quantitative estimate of drug-likeness (QED) is 0.798. The normalized spacial score (nSPS) is 25.6. The van der Waals surface area contributed by atoms with Gasteiger partial charge in [0.15, 0.2) is 0 Å². The van der Waals surface area contributed by atoms with Gasteiger partial charge in [-0.25, -0.2) is 4.39 Å². The number of alkyl halides is 3. The number of aliphatic hydroxyl groups excluding tert-OH is 1. The van der Waals surface area contributed by atoms with Crippen LogP contribution in [0.4, 0.5) is 17.6 Å². The molecule has 1 aromatic carbocycles. The number of hydrogen-bond donors (Lipinski definition) is 1. The van der Waals surface area contributed by atoms with E-state index in [9.17, 15) is 22.7 Å². The molecule has 0 aliphatic heterocycles. The molecular weight excluding hydrogens is 260 g/mol. The molecule has 0 spiro atoms. The number of aliphatic hydroxyl groups is 1. The predicted octanol–water partition coefficient (Wildman–Crippen LogP) is 4.31. The van der Waals surface area contributed by atoms with E-state index in [1.54, 1.807) is 0 Å². The first-order chi connectivity index (χ1) is 8.79. The van der Waals surface area contributed by atoms with Crippen molar-refractivity contribution in [1.29, 1.82) is 0 Å². The van der Waals surface area contributed by atoms with Crippen molar-refractivity contribution >= 4 is 0 Å². The number of benzene rings is 1. The monoisotopic (exact) mass is 276 g/mol. The van der Waals surface area contributed by atoms with E-state index in [1.807, 2.05) is 0 Å². The Morgan fingerprint density at radius 1 is 1.26 bits per heavy atom. The third-order valence-corrected chi connectivity index (χ3v) is 3.82. The molecular formula is C14H16F4O. The van der Waals surface area contributed by atoms with Gasteiger partial charge in [-0.05, 0) is 42.4 Å². The van der Waals surface area contributed by atoms with Crippen LogP contribution in [0.25, 0.3) is 0 Å². The minimum absolute atomic E-state index is 0.0402. The molecule has 0 radical (unpaired) electrons. The Morgan fingerprint density at radius 2 is 1.95 bits per heavy atom. The molecule has 0 aromatic heterocycles. The largest absolute Gasteiger partial charge is 0.419 e. The van der Waals surface area contributed by atoms with Gasteiger partial charge in [-0.2, -0.15) is 13.2 Å². The van der Waals surface area contributed by atoms with Crippen LogP contribution in [-0.2, 0) is 6.18 Å². The van der Waals surface area contributed by atoms with Gasteiger partial charge in [0.25, 0.3) is 0 Å². The molecule has 1 aromatic rings. The molecule has 0 saturated heterocycles. The Labute approximate surface area is 109 Å². The highest BCUT2D eigenvalue weighted by Gasteiger charge is 2.36. The average molecular weight is 276 g/mol. The topological polar surface area (TPSA) is 20.2 Å². The third kappa shape index (κ3) is 3.08. The Hall–Kier alpha value is -1.10. The van der Waals surface area contributed by atoms with E-state index in [-0.39, 0.29) is 11.5 Å². The second-order valence-electron chi connectivity index (χ2n) is 5.36. The van der Waals surface area contributed by atoms with Crippen molar-refractivity contribution in [2.75, 3.05) is 0 Å². The van der Waals surface area contributed by atoms with Crippen LogP contribution in [0, 0.1) is 17.7 Å². The minimum atomic E-state index is -4.73. The predicted molar refractivity (Wildman–Crippen MR) is 62.9 cm³/mol. The Bertz CT molecular complexity index is 455. The van der Waals surface area contributed by atoms with E-state index in [0.29, 0.717) is 5.92 Å². The zero-order valence-electron chi connectivity index (χ0n) is 10.5. The van der Waals surface area contributed by atoms with Gasteiger partial charge in [0.2, 0.25) is 0 Å². The van der Waals surface area contributed by atoms with Crippen LogP contribution >= 0.6 is 0 Å². The summed E-state index contributed by atoms with van der Waals surface area (Å²) in [4.78, 5) is 0. The Balaban J connectivity index is 2.26. The van der Waals surface area contributed by atoms with E-state index in [0.717, 1.165) is 31.4 Å². The molecule has 0 heterocycles. The fourth-order valence-corrected chi connectivity index (χ4v) is 2.75. The smallest absolute Gasteiger partial charge is 0.388 e. The minimum Gasteiger partial charge on any atom is -0.388 e. The van der Waals surface area contributed by atoms with Gasteiger partial charge in [-0.3, -0.25) is 0 Å². The standard InChI is InChI=1S/C14H16F4O/c1-8-2-3-9(6-8)13(19)10-4-5-12(15)11(7-10)14(16,17)18/h4-5,7-9,13,19H,2-3,6H2,1H3. The molecule has 0 amide bonds. The lowest BCUT2D eigenvalue weighted by Crippen LogP contribution is -2.13. The van der Waals surface area contributed by atoms with Crippen LogP contribution in [0.5, 0.6) is 0 Å². The summed E-state index contributed by atoms with van der Waals surface area (Å²) in [6.07, 6.45) is -3.13. The molecule has 1 saturated carbocycles. The van der Waals surface area contributed by atoms with Crippen molar-refractivity contribution in [3.05, 3.63) is 35.1 Å². The van der Waals surface area contributed by atoms with Crippen LogP contribution in [0.15, 0.2) is 18.2 Å². The SMILES string of the molecule is CC1CCC(C(O)c2ccc(F)c(C(F)(F)F)c2)C1. The Morgan fingerprint density at radius 3 is 2.47 bits per heavy atom. The molecule has 1 aliphatic rings. The number of halogens is 4. The maximum absolute atomic E-state index is 13.2. The zero-order chi connectivity index (χ0) is 14.2. The molecule has 1 aliphatic carbocycles. The molecule has 0 bridgehead atoms. The van der Waals surface area contributed by atoms with Crippen molar-refractivity contribution in [2.45, 2.75) is 38.5 Å². The van der Waals surface area contributed by atoms with Gasteiger partial charge in [0.05, 0.1) is 11.7 Å². The highest BCUT2D eigenvalue weighted by Crippen LogP contribution is 2.40. The van der Waals surface area contributed by atoms with Crippen molar-refractivity contribution in [2.24, 2.45) is 11.8 Å². The average Bonchev–Trinajstić information content (AvgIpc) is 2.74. The molecule has 1 fully saturated rings. The van der Waals surface area contributed by atoms with Crippen LogP contribution in [0.2, 0.25) is 0 Å². The van der Waals surface area contributed by atoms with Gasteiger partial charge in [-0.15, -0.1) is 0 Å². The summed E-state index contributed by atoms with van der Waals surface area (Å²) in [6, 6.07) is 2.74. The highest BCUT2D eigenvalue weighted by molar-refractivity contribution is 5.29. The summed E-state index contributed by atoms with van der Waals surface area (Å²) < 4.78 is 51.0. The lowest BCUT2D eigenvalue weighted by molar-refractivity contribution is -0.140. The van der Waals surface area contributed by atoms with Crippen molar-refractivity contribution in [3.8, 4) is 0 Å². The molecule has 19 heavy (non-hydrogen) atoms. The van der Waals surface area contributed by atoms with Gasteiger partial charge in [-0.1, -0.05) is 19.4 Å². The van der Waals surface area contributed by atoms with Crippen LogP contribution in [-0.4, -0.2) is 5.11 Å². The van der Waals surface area contributed by atoms with E-state index in [2.05, 4.69) is 6.92 Å². The molecule has 2 rings (SSSR count). The lowest BCUT2D eigenvalue weighted by Gasteiger charge is -2.20. The first-order valence-corrected chi connectivity index (χ1v) is 6.33. The third-order valence-electron chi connectivity index (χ3n) is 3.82. The first kappa shape index (κ1) is 14.3. The first-order valence-electron chi connectivity index (χ1n) is 6.33. The van der Waals surface area contributed by atoms with E-state index in [1.165, 1.54) is 6.07 Å². The van der Waals surface area contributed by atoms with Crippen molar-refractivity contribution in [1.82, 2.24) is 0 Å². The molecule has 106 valence electrons. The van der Waals surface area contributed by atoms with Crippen molar-refractivity contribution in [3.63, 3.8) is 0 Å². The number of hydrogen-bond acceptors (Lipinski definition) is 1. The van der Waals surface area contributed by atoms with E-state index in [4.69, 9.17) is 0 Å². The lowest BCUT2D eigenvalue weighted by atomic mass is 9.92. The Kier molecular flexibility index (Phi) is 3.85. The number of rotatable bonds is 2.